The Morgan fingerprint density at radius 2 is 2.06 bits per heavy atom. The van der Waals surface area contributed by atoms with Crippen LogP contribution >= 0.6 is 0 Å². The van der Waals surface area contributed by atoms with Crippen molar-refractivity contribution in [3.05, 3.63) is 41.5 Å². The normalized spacial score (nSPS) is 10.2. The fourth-order valence-corrected chi connectivity index (χ4v) is 1.49. The molecular formula is C15H23NO2. The Bertz CT molecular complexity index is 371. The van der Waals surface area contributed by atoms with Gasteiger partial charge in [-0.05, 0) is 26.0 Å². The van der Waals surface area contributed by atoms with Gasteiger partial charge in [-0.15, -0.1) is 0 Å². The predicted molar refractivity (Wildman–Crippen MR) is 75.0 cm³/mol. The van der Waals surface area contributed by atoms with Crippen molar-refractivity contribution >= 4 is 0 Å². The molecule has 0 spiro atoms. The first kappa shape index (κ1) is 14.7. The number of rotatable bonds is 8. The van der Waals surface area contributed by atoms with E-state index in [4.69, 9.17) is 9.47 Å². The van der Waals surface area contributed by atoms with E-state index in [0.29, 0.717) is 6.61 Å². The Kier molecular flexibility index (Phi) is 7.14. The summed E-state index contributed by atoms with van der Waals surface area (Å²) in [7, 11) is 1.71. The fourth-order valence-electron chi connectivity index (χ4n) is 1.49. The van der Waals surface area contributed by atoms with E-state index in [2.05, 4.69) is 31.3 Å². The average Bonchev–Trinajstić information content (AvgIpc) is 2.36. The summed E-state index contributed by atoms with van der Waals surface area (Å²) >= 11 is 0. The molecule has 100 valence electrons. The van der Waals surface area contributed by atoms with Crippen LogP contribution in [-0.2, 0) is 11.3 Å². The van der Waals surface area contributed by atoms with Crippen LogP contribution in [0.5, 0.6) is 5.75 Å². The van der Waals surface area contributed by atoms with Crippen LogP contribution in [0.4, 0.5) is 0 Å². The maximum Gasteiger partial charge on any atom is 0.124 e. The second kappa shape index (κ2) is 8.72. The average molecular weight is 249 g/mol. The molecule has 1 aromatic carbocycles. The topological polar surface area (TPSA) is 30.5 Å². The lowest BCUT2D eigenvalue weighted by Crippen LogP contribution is -2.19. The Morgan fingerprint density at radius 1 is 1.28 bits per heavy atom. The number of benzene rings is 1. The molecule has 3 nitrogen and oxygen atoms in total. The van der Waals surface area contributed by atoms with Gasteiger partial charge in [-0.2, -0.15) is 0 Å². The van der Waals surface area contributed by atoms with Crippen LogP contribution in [-0.4, -0.2) is 26.9 Å². The summed E-state index contributed by atoms with van der Waals surface area (Å²) in [4.78, 5) is 0. The van der Waals surface area contributed by atoms with E-state index >= 15 is 0 Å². The number of ether oxygens (including phenoxy) is 2. The molecule has 1 aromatic rings. The van der Waals surface area contributed by atoms with E-state index in [1.54, 1.807) is 7.11 Å². The van der Waals surface area contributed by atoms with Gasteiger partial charge in [0.1, 0.15) is 12.4 Å². The highest BCUT2D eigenvalue weighted by molar-refractivity contribution is 5.33. The Balaban J connectivity index is 2.48. The van der Waals surface area contributed by atoms with Gasteiger partial charge in [0.05, 0.1) is 6.61 Å². The molecule has 0 saturated carbocycles. The smallest absolute Gasteiger partial charge is 0.124 e. The number of hydrogen-bond donors (Lipinski definition) is 1. The molecule has 0 amide bonds. The summed E-state index contributed by atoms with van der Waals surface area (Å²) < 4.78 is 10.8. The zero-order valence-electron chi connectivity index (χ0n) is 11.5. The third-order valence-electron chi connectivity index (χ3n) is 2.50. The van der Waals surface area contributed by atoms with Crippen LogP contribution in [0.1, 0.15) is 19.4 Å². The molecule has 1 N–H and O–H groups in total. The standard InChI is InChI=1S/C15H23NO2/c1-13(2)8-10-18-15-7-5-4-6-14(15)12-16-9-11-17-3/h4-8,16H,9-12H2,1-3H3. The third-order valence-corrected chi connectivity index (χ3v) is 2.50. The lowest BCUT2D eigenvalue weighted by molar-refractivity contribution is 0.199. The summed E-state index contributed by atoms with van der Waals surface area (Å²) in [6, 6.07) is 8.11. The first-order valence-corrected chi connectivity index (χ1v) is 6.27. The molecule has 3 heteroatoms. The number of nitrogens with one attached hydrogen (secondary N) is 1. The quantitative estimate of drug-likeness (QED) is 0.567. The minimum atomic E-state index is 0.622. The van der Waals surface area contributed by atoms with Gasteiger partial charge in [-0.1, -0.05) is 23.8 Å². The van der Waals surface area contributed by atoms with Crippen molar-refractivity contribution in [1.29, 1.82) is 0 Å². The van der Waals surface area contributed by atoms with Crippen molar-refractivity contribution in [2.24, 2.45) is 0 Å². The van der Waals surface area contributed by atoms with E-state index < -0.39 is 0 Å². The van der Waals surface area contributed by atoms with Gasteiger partial charge in [-0.25, -0.2) is 0 Å². The van der Waals surface area contributed by atoms with Crippen molar-refractivity contribution in [2.45, 2.75) is 20.4 Å². The number of hydrogen-bond acceptors (Lipinski definition) is 3. The minimum absolute atomic E-state index is 0.622. The van der Waals surface area contributed by atoms with Gasteiger partial charge in [0.15, 0.2) is 0 Å². The summed E-state index contributed by atoms with van der Waals surface area (Å²) in [6.45, 7) is 7.13. The van der Waals surface area contributed by atoms with E-state index in [1.165, 1.54) is 11.1 Å². The lowest BCUT2D eigenvalue weighted by Gasteiger charge is -2.11. The van der Waals surface area contributed by atoms with E-state index in [0.717, 1.165) is 25.4 Å². The molecular weight excluding hydrogens is 226 g/mol. The van der Waals surface area contributed by atoms with Crippen molar-refractivity contribution in [3.63, 3.8) is 0 Å². The summed E-state index contributed by atoms with van der Waals surface area (Å²) in [5.74, 6) is 0.944. The molecule has 0 aliphatic rings. The lowest BCUT2D eigenvalue weighted by atomic mass is 10.2. The molecule has 0 unspecified atom stereocenters. The second-order valence-electron chi connectivity index (χ2n) is 4.37. The van der Waals surface area contributed by atoms with Crippen LogP contribution in [0.2, 0.25) is 0 Å². The number of methoxy groups -OCH3 is 1. The van der Waals surface area contributed by atoms with Crippen LogP contribution in [0, 0.1) is 0 Å². The molecule has 18 heavy (non-hydrogen) atoms. The molecule has 0 saturated heterocycles. The summed E-state index contributed by atoms with van der Waals surface area (Å²) in [5, 5.41) is 3.32. The Hall–Kier alpha value is -1.32. The van der Waals surface area contributed by atoms with Gasteiger partial charge in [0, 0.05) is 25.8 Å². The summed E-state index contributed by atoms with van der Waals surface area (Å²) in [5.41, 5.74) is 2.45. The highest BCUT2D eigenvalue weighted by Gasteiger charge is 2.01. The zero-order chi connectivity index (χ0) is 13.2. The van der Waals surface area contributed by atoms with Crippen molar-refractivity contribution < 1.29 is 9.47 Å². The van der Waals surface area contributed by atoms with Crippen molar-refractivity contribution in [1.82, 2.24) is 5.32 Å². The molecule has 0 heterocycles. The van der Waals surface area contributed by atoms with E-state index in [9.17, 15) is 0 Å². The van der Waals surface area contributed by atoms with Gasteiger partial charge < -0.3 is 14.8 Å². The molecule has 0 aliphatic heterocycles. The molecule has 0 radical (unpaired) electrons. The van der Waals surface area contributed by atoms with E-state index in [1.807, 2.05) is 18.2 Å². The third kappa shape index (κ3) is 5.84. The molecule has 0 fully saturated rings. The number of para-hydroxylation sites is 1. The van der Waals surface area contributed by atoms with E-state index in [-0.39, 0.29) is 0 Å². The zero-order valence-corrected chi connectivity index (χ0v) is 11.5. The molecule has 0 aromatic heterocycles. The van der Waals surface area contributed by atoms with Crippen LogP contribution in [0.15, 0.2) is 35.9 Å². The van der Waals surface area contributed by atoms with Crippen LogP contribution < -0.4 is 10.1 Å². The maximum absolute atomic E-state index is 5.76. The van der Waals surface area contributed by atoms with Gasteiger partial charge >= 0.3 is 0 Å². The highest BCUT2D eigenvalue weighted by atomic mass is 16.5. The van der Waals surface area contributed by atoms with Gasteiger partial charge in [-0.3, -0.25) is 0 Å². The molecule has 0 bridgehead atoms. The Morgan fingerprint density at radius 3 is 2.78 bits per heavy atom. The van der Waals surface area contributed by atoms with Crippen LogP contribution in [0.25, 0.3) is 0 Å². The first-order valence-electron chi connectivity index (χ1n) is 6.27. The molecule has 1 rings (SSSR count). The van der Waals surface area contributed by atoms with Crippen molar-refractivity contribution in [3.8, 4) is 5.75 Å². The second-order valence-corrected chi connectivity index (χ2v) is 4.37. The SMILES string of the molecule is COCCNCc1ccccc1OCC=C(C)C. The largest absolute Gasteiger partial charge is 0.489 e. The minimum Gasteiger partial charge on any atom is -0.489 e. The fraction of sp³-hybridized carbons (Fsp3) is 0.467. The molecule has 0 aliphatic carbocycles. The summed E-state index contributed by atoms with van der Waals surface area (Å²) in [6.07, 6.45) is 2.08. The predicted octanol–water partition coefficient (Wildman–Crippen LogP) is 2.77. The monoisotopic (exact) mass is 249 g/mol. The van der Waals surface area contributed by atoms with Gasteiger partial charge in [0.25, 0.3) is 0 Å². The Labute approximate surface area is 110 Å². The molecule has 0 atom stereocenters. The first-order chi connectivity index (χ1) is 8.74. The maximum atomic E-state index is 5.76. The van der Waals surface area contributed by atoms with Crippen LogP contribution in [0.3, 0.4) is 0 Å². The van der Waals surface area contributed by atoms with Gasteiger partial charge in [0.2, 0.25) is 0 Å². The van der Waals surface area contributed by atoms with Crippen molar-refractivity contribution in [2.75, 3.05) is 26.9 Å². The highest BCUT2D eigenvalue weighted by Crippen LogP contribution is 2.17. The number of allylic oxidation sites excluding steroid dienone is 1.